The van der Waals surface area contributed by atoms with Gasteiger partial charge in [-0.05, 0) is 68.7 Å². The number of thiophene rings is 1. The molecule has 0 aliphatic carbocycles. The van der Waals surface area contributed by atoms with E-state index in [0.717, 1.165) is 30.9 Å². The van der Waals surface area contributed by atoms with E-state index >= 15 is 0 Å². The number of rotatable bonds is 7. The summed E-state index contributed by atoms with van der Waals surface area (Å²) < 4.78 is 0. The summed E-state index contributed by atoms with van der Waals surface area (Å²) in [6, 6.07) is 4.90. The van der Waals surface area contributed by atoms with Gasteiger partial charge < -0.3 is 15.5 Å². The van der Waals surface area contributed by atoms with Crippen LogP contribution >= 0.6 is 35.3 Å². The van der Waals surface area contributed by atoms with Crippen LogP contribution in [0.3, 0.4) is 0 Å². The lowest BCUT2D eigenvalue weighted by atomic mass is 9.97. The van der Waals surface area contributed by atoms with Crippen LogP contribution in [0.5, 0.6) is 0 Å². The lowest BCUT2D eigenvalue weighted by Crippen LogP contribution is -2.46. The van der Waals surface area contributed by atoms with Gasteiger partial charge in [0.2, 0.25) is 0 Å². The number of likely N-dealkylation sites (tertiary alicyclic amines) is 2. The molecule has 0 saturated carbocycles. The number of nitrogens with one attached hydrogen (secondary N) is 2. The molecule has 1 aromatic rings. The van der Waals surface area contributed by atoms with Crippen LogP contribution in [0.4, 0.5) is 0 Å². The molecule has 2 aliphatic heterocycles. The Labute approximate surface area is 192 Å². The largest absolute Gasteiger partial charge is 0.356 e. The zero-order valence-corrected chi connectivity index (χ0v) is 20.8. The topological polar surface area (TPSA) is 42.9 Å². The van der Waals surface area contributed by atoms with Gasteiger partial charge in [0.05, 0.1) is 6.04 Å². The Balaban J connectivity index is 0.00000280. The van der Waals surface area contributed by atoms with Crippen LogP contribution in [0, 0.1) is 11.8 Å². The summed E-state index contributed by atoms with van der Waals surface area (Å²) in [6.07, 6.45) is 3.91. The first-order valence-corrected chi connectivity index (χ1v) is 11.5. The Morgan fingerprint density at radius 3 is 2.64 bits per heavy atom. The summed E-state index contributed by atoms with van der Waals surface area (Å²) in [6.45, 7) is 12.6. The maximum Gasteiger partial charge on any atom is 0.191 e. The summed E-state index contributed by atoms with van der Waals surface area (Å²) in [5.74, 6) is 2.54. The molecule has 2 fully saturated rings. The maximum absolute atomic E-state index is 4.46. The first kappa shape index (κ1) is 23.9. The van der Waals surface area contributed by atoms with Crippen molar-refractivity contribution < 1.29 is 0 Å². The number of hydrogen-bond donors (Lipinski definition) is 2. The molecule has 0 radical (unpaired) electrons. The van der Waals surface area contributed by atoms with Crippen LogP contribution in [0.1, 0.15) is 44.0 Å². The molecule has 28 heavy (non-hydrogen) atoms. The van der Waals surface area contributed by atoms with Gasteiger partial charge in [0.15, 0.2) is 5.96 Å². The van der Waals surface area contributed by atoms with Crippen molar-refractivity contribution >= 4 is 41.3 Å². The molecule has 2 saturated heterocycles. The molecule has 2 N–H and O–H groups in total. The van der Waals surface area contributed by atoms with E-state index in [9.17, 15) is 0 Å². The normalized spacial score (nSPS) is 23.4. The summed E-state index contributed by atoms with van der Waals surface area (Å²) in [7, 11) is 1.88. The minimum absolute atomic E-state index is 0. The third-order valence-corrected chi connectivity index (χ3v) is 7.17. The lowest BCUT2D eigenvalue weighted by molar-refractivity contribution is 0.140. The zero-order valence-electron chi connectivity index (χ0n) is 17.7. The summed E-state index contributed by atoms with van der Waals surface area (Å²) in [5.41, 5.74) is 0. The average molecular weight is 520 g/mol. The molecule has 0 spiro atoms. The fourth-order valence-corrected chi connectivity index (χ4v) is 5.11. The molecule has 1 aromatic heterocycles. The summed E-state index contributed by atoms with van der Waals surface area (Å²) in [4.78, 5) is 11.1. The van der Waals surface area contributed by atoms with Crippen LogP contribution in [0.15, 0.2) is 22.5 Å². The molecule has 3 rings (SSSR count). The SMILES string of the molecule is CCN1CCC(CNC(=NC)NCC(c2cccs2)N2CCC(C)CC2)C1.I. The van der Waals surface area contributed by atoms with Crippen molar-refractivity contribution in [3.05, 3.63) is 22.4 Å². The van der Waals surface area contributed by atoms with E-state index in [-0.39, 0.29) is 24.0 Å². The van der Waals surface area contributed by atoms with Crippen LogP contribution in [0.25, 0.3) is 0 Å². The van der Waals surface area contributed by atoms with Gasteiger partial charge in [0.1, 0.15) is 0 Å². The van der Waals surface area contributed by atoms with E-state index in [1.54, 1.807) is 0 Å². The number of halogens is 1. The number of nitrogens with zero attached hydrogens (tertiary/aromatic N) is 3. The predicted molar refractivity (Wildman–Crippen MR) is 132 cm³/mol. The Morgan fingerprint density at radius 1 is 1.25 bits per heavy atom. The molecule has 2 aliphatic rings. The zero-order chi connectivity index (χ0) is 19.1. The Bertz CT molecular complexity index is 571. The fourth-order valence-electron chi connectivity index (χ4n) is 4.25. The third kappa shape index (κ3) is 6.85. The molecule has 7 heteroatoms. The van der Waals surface area contributed by atoms with Crippen molar-refractivity contribution in [2.24, 2.45) is 16.8 Å². The number of guanidine groups is 1. The van der Waals surface area contributed by atoms with Crippen LogP contribution < -0.4 is 10.6 Å². The molecule has 5 nitrogen and oxygen atoms in total. The van der Waals surface area contributed by atoms with Crippen molar-refractivity contribution in [2.45, 2.75) is 39.2 Å². The lowest BCUT2D eigenvalue weighted by Gasteiger charge is -2.36. The quantitative estimate of drug-likeness (QED) is 0.328. The number of piperidine rings is 1. The van der Waals surface area contributed by atoms with Crippen molar-refractivity contribution in [2.75, 3.05) is 52.9 Å². The van der Waals surface area contributed by atoms with Gasteiger partial charge in [0, 0.05) is 31.6 Å². The smallest absolute Gasteiger partial charge is 0.191 e. The van der Waals surface area contributed by atoms with E-state index in [0.29, 0.717) is 6.04 Å². The standard InChI is InChI=1S/C21H37N5S.HI/c1-4-25-10-9-18(16-25)14-23-21(22-3)24-15-19(20-6-5-13-27-20)26-11-7-17(2)8-12-26;/h5-6,13,17-19H,4,7-12,14-16H2,1-3H3,(H2,22,23,24);1H. The van der Waals surface area contributed by atoms with E-state index in [1.807, 2.05) is 18.4 Å². The van der Waals surface area contributed by atoms with Gasteiger partial charge in [0.25, 0.3) is 0 Å². The summed E-state index contributed by atoms with van der Waals surface area (Å²) in [5, 5.41) is 9.37. The second-order valence-electron chi connectivity index (χ2n) is 8.13. The molecular formula is C21H38IN5S. The minimum atomic E-state index is 0. The number of aliphatic imine (C=N–C) groups is 1. The second-order valence-corrected chi connectivity index (χ2v) is 9.11. The Morgan fingerprint density at radius 2 is 2.04 bits per heavy atom. The van der Waals surface area contributed by atoms with Gasteiger partial charge in [-0.1, -0.05) is 19.9 Å². The summed E-state index contributed by atoms with van der Waals surface area (Å²) >= 11 is 1.87. The molecular weight excluding hydrogens is 481 g/mol. The molecule has 2 atom stereocenters. The monoisotopic (exact) mass is 519 g/mol. The van der Waals surface area contributed by atoms with Crippen molar-refractivity contribution in [1.82, 2.24) is 20.4 Å². The van der Waals surface area contributed by atoms with Gasteiger partial charge >= 0.3 is 0 Å². The van der Waals surface area contributed by atoms with E-state index in [4.69, 9.17) is 0 Å². The molecule has 0 amide bonds. The van der Waals surface area contributed by atoms with Crippen molar-refractivity contribution in [1.29, 1.82) is 0 Å². The molecule has 0 aromatic carbocycles. The minimum Gasteiger partial charge on any atom is -0.356 e. The predicted octanol–water partition coefficient (Wildman–Crippen LogP) is 3.65. The molecule has 2 unspecified atom stereocenters. The van der Waals surface area contributed by atoms with Gasteiger partial charge in [-0.15, -0.1) is 35.3 Å². The van der Waals surface area contributed by atoms with E-state index in [2.05, 4.69) is 56.8 Å². The fraction of sp³-hybridized carbons (Fsp3) is 0.762. The first-order chi connectivity index (χ1) is 13.2. The second kappa shape index (κ2) is 12.3. The highest BCUT2D eigenvalue weighted by atomic mass is 127. The highest BCUT2D eigenvalue weighted by Gasteiger charge is 2.26. The maximum atomic E-state index is 4.46. The third-order valence-electron chi connectivity index (χ3n) is 6.19. The van der Waals surface area contributed by atoms with E-state index < -0.39 is 0 Å². The van der Waals surface area contributed by atoms with Crippen LogP contribution in [-0.2, 0) is 0 Å². The van der Waals surface area contributed by atoms with Crippen LogP contribution in [-0.4, -0.2) is 68.6 Å². The van der Waals surface area contributed by atoms with Gasteiger partial charge in [-0.25, -0.2) is 0 Å². The molecule has 0 bridgehead atoms. The van der Waals surface area contributed by atoms with Crippen molar-refractivity contribution in [3.63, 3.8) is 0 Å². The highest BCUT2D eigenvalue weighted by Crippen LogP contribution is 2.29. The van der Waals surface area contributed by atoms with Crippen LogP contribution in [0.2, 0.25) is 0 Å². The average Bonchev–Trinajstić information content (AvgIpc) is 3.37. The molecule has 160 valence electrons. The highest BCUT2D eigenvalue weighted by molar-refractivity contribution is 14.0. The van der Waals surface area contributed by atoms with Gasteiger partial charge in [-0.3, -0.25) is 9.89 Å². The van der Waals surface area contributed by atoms with Gasteiger partial charge in [-0.2, -0.15) is 0 Å². The Hall–Kier alpha value is -0.380. The van der Waals surface area contributed by atoms with Crippen molar-refractivity contribution in [3.8, 4) is 0 Å². The first-order valence-electron chi connectivity index (χ1n) is 10.6. The Kier molecular flexibility index (Phi) is 10.5. The molecule has 3 heterocycles. The number of hydrogen-bond acceptors (Lipinski definition) is 4. The van der Waals surface area contributed by atoms with E-state index in [1.165, 1.54) is 56.9 Å².